The number of rotatable bonds is 2. The molecule has 0 spiro atoms. The van der Waals surface area contributed by atoms with E-state index < -0.39 is 0 Å². The average molecular weight is 236 g/mol. The Bertz CT molecular complexity index is 338. The molecule has 1 heterocycles. The van der Waals surface area contributed by atoms with Crippen LogP contribution in [0, 0.1) is 11.8 Å². The van der Waals surface area contributed by atoms with E-state index in [4.69, 9.17) is 5.73 Å². The quantitative estimate of drug-likeness (QED) is 0.729. The summed E-state index contributed by atoms with van der Waals surface area (Å²) in [5, 5.41) is 0. The van der Waals surface area contributed by atoms with Crippen LogP contribution >= 0.6 is 0 Å². The van der Waals surface area contributed by atoms with E-state index in [2.05, 4.69) is 0 Å². The van der Waals surface area contributed by atoms with Crippen LogP contribution in [0.5, 0.6) is 0 Å². The minimum Gasteiger partial charge on any atom is -0.328 e. The summed E-state index contributed by atoms with van der Waals surface area (Å²) in [7, 11) is 0. The first-order chi connectivity index (χ1) is 8.18. The van der Waals surface area contributed by atoms with Gasteiger partial charge in [0.25, 0.3) is 0 Å². The summed E-state index contributed by atoms with van der Waals surface area (Å²) in [5.41, 5.74) is 5.55. The average Bonchev–Trinajstić information content (AvgIpc) is 2.96. The Morgan fingerprint density at radius 1 is 1.12 bits per heavy atom. The Morgan fingerprint density at radius 2 is 1.65 bits per heavy atom. The van der Waals surface area contributed by atoms with Crippen molar-refractivity contribution in [2.75, 3.05) is 6.54 Å². The fourth-order valence-corrected chi connectivity index (χ4v) is 3.92. The number of nitrogens with zero attached hydrogens (tertiary/aromatic N) is 1. The molecule has 3 fully saturated rings. The molecule has 4 heteroatoms. The summed E-state index contributed by atoms with van der Waals surface area (Å²) in [4.78, 5) is 26.4. The predicted octanol–water partition coefficient (Wildman–Crippen LogP) is 1.04. The molecule has 0 radical (unpaired) electrons. The van der Waals surface area contributed by atoms with Gasteiger partial charge in [-0.05, 0) is 32.1 Å². The highest BCUT2D eigenvalue weighted by atomic mass is 16.2. The molecule has 17 heavy (non-hydrogen) atoms. The second kappa shape index (κ2) is 3.80. The van der Waals surface area contributed by atoms with Crippen LogP contribution < -0.4 is 5.73 Å². The maximum atomic E-state index is 12.4. The number of piperidine rings is 1. The Labute approximate surface area is 102 Å². The van der Waals surface area contributed by atoms with Gasteiger partial charge in [-0.1, -0.05) is 12.8 Å². The minimum atomic E-state index is -0.338. The van der Waals surface area contributed by atoms with Crippen LogP contribution in [0.1, 0.15) is 44.9 Å². The van der Waals surface area contributed by atoms with Crippen molar-refractivity contribution in [2.24, 2.45) is 17.6 Å². The van der Waals surface area contributed by atoms with Gasteiger partial charge in [0.15, 0.2) is 0 Å². The van der Waals surface area contributed by atoms with Gasteiger partial charge in [-0.25, -0.2) is 0 Å². The molecular weight excluding hydrogens is 216 g/mol. The fraction of sp³-hybridized carbons (Fsp3) is 0.846. The summed E-state index contributed by atoms with van der Waals surface area (Å²) in [6, 6.07) is 0. The van der Waals surface area contributed by atoms with E-state index >= 15 is 0 Å². The van der Waals surface area contributed by atoms with E-state index in [9.17, 15) is 9.59 Å². The highest BCUT2D eigenvalue weighted by Crippen LogP contribution is 2.44. The molecular formula is C13H20N2O2. The zero-order valence-corrected chi connectivity index (χ0v) is 10.2. The molecule has 2 bridgehead atoms. The maximum absolute atomic E-state index is 12.4. The normalized spacial score (nSPS) is 35.7. The molecule has 2 saturated carbocycles. The van der Waals surface area contributed by atoms with E-state index in [0.717, 1.165) is 44.9 Å². The second-order valence-electron chi connectivity index (χ2n) is 5.85. The van der Waals surface area contributed by atoms with Gasteiger partial charge < -0.3 is 5.73 Å². The van der Waals surface area contributed by atoms with Crippen LogP contribution in [0.15, 0.2) is 0 Å². The molecule has 2 atom stereocenters. The van der Waals surface area contributed by atoms with Gasteiger partial charge in [0.1, 0.15) is 0 Å². The molecule has 1 aliphatic heterocycles. The zero-order chi connectivity index (χ0) is 12.0. The summed E-state index contributed by atoms with van der Waals surface area (Å²) in [5.74, 6) is 0.329. The van der Waals surface area contributed by atoms with Gasteiger partial charge in [0.2, 0.25) is 11.8 Å². The van der Waals surface area contributed by atoms with Crippen molar-refractivity contribution in [3.8, 4) is 0 Å². The lowest BCUT2D eigenvalue weighted by atomic mass is 9.88. The van der Waals surface area contributed by atoms with Gasteiger partial charge in [0, 0.05) is 18.4 Å². The molecule has 0 aromatic rings. The van der Waals surface area contributed by atoms with E-state index in [0.29, 0.717) is 6.54 Å². The van der Waals surface area contributed by atoms with Crippen LogP contribution in [0.4, 0.5) is 0 Å². The van der Waals surface area contributed by atoms with E-state index in [1.807, 2.05) is 0 Å². The number of nitrogens with two attached hydrogens (primary N) is 1. The van der Waals surface area contributed by atoms with Gasteiger partial charge in [-0.15, -0.1) is 0 Å². The minimum absolute atomic E-state index is 0.0658. The number of carbonyl (C=O) groups excluding carboxylic acids is 2. The molecule has 0 aromatic heterocycles. The van der Waals surface area contributed by atoms with Gasteiger partial charge in [-0.2, -0.15) is 0 Å². The summed E-state index contributed by atoms with van der Waals surface area (Å²) in [6.45, 7) is 0.434. The summed E-state index contributed by atoms with van der Waals surface area (Å²) in [6.07, 6.45) is 6.56. The van der Waals surface area contributed by atoms with E-state index in [-0.39, 0.29) is 29.2 Å². The smallest absolute Gasteiger partial charge is 0.232 e. The first-order valence-corrected chi connectivity index (χ1v) is 6.76. The fourth-order valence-electron chi connectivity index (χ4n) is 3.92. The third kappa shape index (κ3) is 1.46. The van der Waals surface area contributed by atoms with Crippen molar-refractivity contribution >= 4 is 11.8 Å². The molecule has 94 valence electrons. The zero-order valence-electron chi connectivity index (χ0n) is 10.2. The van der Waals surface area contributed by atoms with E-state index in [1.54, 1.807) is 4.90 Å². The summed E-state index contributed by atoms with van der Waals surface area (Å²) >= 11 is 0. The first kappa shape index (κ1) is 11.2. The number of likely N-dealkylation sites (tertiary alicyclic amines) is 1. The standard InChI is InChI=1S/C13H20N2O2/c14-8-13(5-1-2-6-13)15-11(16)9-3-4-10(7-9)12(15)17/h9-10H,1-8,14H2. The van der Waals surface area contributed by atoms with Crippen molar-refractivity contribution in [3.05, 3.63) is 0 Å². The van der Waals surface area contributed by atoms with Crippen LogP contribution in [-0.4, -0.2) is 28.8 Å². The molecule has 4 nitrogen and oxygen atoms in total. The number of amides is 2. The monoisotopic (exact) mass is 236 g/mol. The maximum Gasteiger partial charge on any atom is 0.232 e. The molecule has 2 aliphatic carbocycles. The molecule has 1 saturated heterocycles. The Balaban J connectivity index is 1.95. The van der Waals surface area contributed by atoms with Crippen molar-refractivity contribution in [3.63, 3.8) is 0 Å². The number of fused-ring (bicyclic) bond motifs is 2. The van der Waals surface area contributed by atoms with Gasteiger partial charge >= 0.3 is 0 Å². The molecule has 3 aliphatic rings. The summed E-state index contributed by atoms with van der Waals surface area (Å²) < 4.78 is 0. The molecule has 3 rings (SSSR count). The third-order valence-electron chi connectivity index (χ3n) is 4.96. The topological polar surface area (TPSA) is 63.4 Å². The second-order valence-corrected chi connectivity index (χ2v) is 5.85. The number of imide groups is 1. The highest BCUT2D eigenvalue weighted by Gasteiger charge is 2.53. The lowest BCUT2D eigenvalue weighted by Crippen LogP contribution is -2.61. The Hall–Kier alpha value is -0.900. The predicted molar refractivity (Wildman–Crippen MR) is 62.9 cm³/mol. The first-order valence-electron chi connectivity index (χ1n) is 6.76. The molecule has 2 N–H and O–H groups in total. The lowest BCUT2D eigenvalue weighted by Gasteiger charge is -2.43. The van der Waals surface area contributed by atoms with Gasteiger partial charge in [0.05, 0.1) is 5.54 Å². The largest absolute Gasteiger partial charge is 0.328 e. The van der Waals surface area contributed by atoms with Crippen LogP contribution in [0.25, 0.3) is 0 Å². The molecule has 0 aromatic carbocycles. The Kier molecular flexibility index (Phi) is 2.51. The Morgan fingerprint density at radius 3 is 2.12 bits per heavy atom. The van der Waals surface area contributed by atoms with Crippen LogP contribution in [0.2, 0.25) is 0 Å². The third-order valence-corrected chi connectivity index (χ3v) is 4.96. The molecule has 2 unspecified atom stereocenters. The van der Waals surface area contributed by atoms with Crippen molar-refractivity contribution in [1.29, 1.82) is 0 Å². The van der Waals surface area contributed by atoms with E-state index in [1.165, 1.54) is 0 Å². The number of carbonyl (C=O) groups is 2. The van der Waals surface area contributed by atoms with Gasteiger partial charge in [-0.3, -0.25) is 14.5 Å². The lowest BCUT2D eigenvalue weighted by molar-refractivity contribution is -0.160. The SMILES string of the molecule is NCC1(N2C(=O)C3CCC(C3)C2=O)CCCC1. The highest BCUT2D eigenvalue weighted by molar-refractivity contribution is 6.01. The van der Waals surface area contributed by atoms with Crippen LogP contribution in [-0.2, 0) is 9.59 Å². The van der Waals surface area contributed by atoms with Crippen molar-refractivity contribution < 1.29 is 9.59 Å². The number of hydrogen-bond acceptors (Lipinski definition) is 3. The van der Waals surface area contributed by atoms with Crippen LogP contribution in [0.3, 0.4) is 0 Å². The number of hydrogen-bond donors (Lipinski definition) is 1. The molecule has 2 amide bonds. The van der Waals surface area contributed by atoms with Crippen molar-refractivity contribution in [2.45, 2.75) is 50.5 Å². The van der Waals surface area contributed by atoms with Crippen molar-refractivity contribution in [1.82, 2.24) is 4.90 Å².